The van der Waals surface area contributed by atoms with Crippen LogP contribution in [0, 0.1) is 5.41 Å². The molecule has 0 aromatic rings. The van der Waals surface area contributed by atoms with Gasteiger partial charge in [-0.05, 0) is 25.0 Å². The Morgan fingerprint density at radius 3 is 2.41 bits per heavy atom. The van der Waals surface area contributed by atoms with Crippen LogP contribution in [0.2, 0.25) is 0 Å². The molecule has 0 aromatic carbocycles. The normalized spacial score (nSPS) is 11.9. The summed E-state index contributed by atoms with van der Waals surface area (Å²) in [5.41, 5.74) is 2.11. The Bertz CT molecular complexity index is 616. The molecule has 0 saturated carbocycles. The molecule has 0 aliphatic carbocycles. The molecule has 8 heteroatoms. The average molecular weight is 471 g/mol. The van der Waals surface area contributed by atoms with Gasteiger partial charge in [0.05, 0.1) is 6.61 Å². The lowest BCUT2D eigenvalue weighted by Gasteiger charge is -2.27. The number of rotatable bonds is 18. The SMILES string of the molecule is CCCCCCCCC=C=CCC(=O)SCCNC(=O)CCNC(=O)C(O)C(C)(C)CO. The van der Waals surface area contributed by atoms with Crippen LogP contribution in [0.4, 0.5) is 0 Å². The van der Waals surface area contributed by atoms with Crippen LogP contribution in [0.15, 0.2) is 17.9 Å². The molecule has 0 spiro atoms. The van der Waals surface area contributed by atoms with E-state index >= 15 is 0 Å². The standard InChI is InChI=1S/C24H42N2O5S/c1-4-5-6-7-8-9-10-11-12-13-14-21(29)32-18-17-25-20(28)15-16-26-23(31)22(30)24(2,3)19-27/h11,13,22,27,30H,4-10,14-19H2,1-3H3,(H,25,28)(H,26,31). The van der Waals surface area contributed by atoms with Gasteiger partial charge in [-0.2, -0.15) is 0 Å². The number of nitrogens with one attached hydrogen (secondary N) is 2. The number of allylic oxidation sites excluding steroid dienone is 1. The second-order valence-corrected chi connectivity index (χ2v) is 9.65. The van der Waals surface area contributed by atoms with E-state index in [1.165, 1.54) is 43.9 Å². The summed E-state index contributed by atoms with van der Waals surface area (Å²) in [7, 11) is 0. The second-order valence-electron chi connectivity index (χ2n) is 8.50. The zero-order valence-electron chi connectivity index (χ0n) is 20.0. The molecule has 4 N–H and O–H groups in total. The van der Waals surface area contributed by atoms with E-state index in [0.717, 1.165) is 12.8 Å². The molecule has 0 bridgehead atoms. The van der Waals surface area contributed by atoms with Crippen LogP contribution in [0.1, 0.15) is 78.6 Å². The molecule has 0 aromatic heterocycles. The fraction of sp³-hybridized carbons (Fsp3) is 0.750. The minimum Gasteiger partial charge on any atom is -0.396 e. The lowest BCUT2D eigenvalue weighted by atomic mass is 9.87. The van der Waals surface area contributed by atoms with E-state index in [-0.39, 0.29) is 30.6 Å². The van der Waals surface area contributed by atoms with E-state index in [1.54, 1.807) is 19.9 Å². The summed E-state index contributed by atoms with van der Waals surface area (Å²) in [6.45, 7) is 5.48. The molecule has 0 radical (unpaired) electrons. The molecule has 7 nitrogen and oxygen atoms in total. The van der Waals surface area contributed by atoms with Gasteiger partial charge < -0.3 is 20.8 Å². The number of carbonyl (C=O) groups is 3. The van der Waals surface area contributed by atoms with Crippen molar-refractivity contribution in [1.29, 1.82) is 0 Å². The third-order valence-electron chi connectivity index (χ3n) is 4.94. The highest BCUT2D eigenvalue weighted by atomic mass is 32.2. The highest BCUT2D eigenvalue weighted by Crippen LogP contribution is 2.19. The molecule has 0 heterocycles. The van der Waals surface area contributed by atoms with Gasteiger partial charge in [-0.3, -0.25) is 14.4 Å². The van der Waals surface area contributed by atoms with Crippen molar-refractivity contribution in [2.24, 2.45) is 5.41 Å². The van der Waals surface area contributed by atoms with Crippen LogP contribution in [-0.4, -0.2) is 58.7 Å². The van der Waals surface area contributed by atoms with Crippen molar-refractivity contribution in [3.63, 3.8) is 0 Å². The molecule has 0 aliphatic rings. The van der Waals surface area contributed by atoms with Crippen molar-refractivity contribution < 1.29 is 24.6 Å². The molecule has 0 aliphatic heterocycles. The summed E-state index contributed by atoms with van der Waals surface area (Å²) >= 11 is 1.17. The van der Waals surface area contributed by atoms with E-state index in [0.29, 0.717) is 18.7 Å². The van der Waals surface area contributed by atoms with E-state index in [9.17, 15) is 24.6 Å². The Hall–Kier alpha value is -1.60. The smallest absolute Gasteiger partial charge is 0.249 e. The Balaban J connectivity index is 3.77. The first-order valence-electron chi connectivity index (χ1n) is 11.6. The molecule has 184 valence electrons. The van der Waals surface area contributed by atoms with Gasteiger partial charge in [0, 0.05) is 37.1 Å². The quantitative estimate of drug-likeness (QED) is 0.181. The fourth-order valence-electron chi connectivity index (χ4n) is 2.68. The molecular formula is C24H42N2O5S. The maximum Gasteiger partial charge on any atom is 0.249 e. The van der Waals surface area contributed by atoms with E-state index in [1.807, 2.05) is 6.08 Å². The van der Waals surface area contributed by atoms with E-state index in [4.69, 9.17) is 0 Å². The van der Waals surface area contributed by atoms with Gasteiger partial charge in [-0.15, -0.1) is 5.73 Å². The average Bonchev–Trinajstić information content (AvgIpc) is 2.77. The summed E-state index contributed by atoms with van der Waals surface area (Å²) in [6.07, 6.45) is 11.4. The highest BCUT2D eigenvalue weighted by Gasteiger charge is 2.32. The summed E-state index contributed by atoms with van der Waals surface area (Å²) in [5.74, 6) is -0.380. The maximum atomic E-state index is 11.8. The Labute approximate surface area is 197 Å². The highest BCUT2D eigenvalue weighted by molar-refractivity contribution is 8.13. The zero-order chi connectivity index (χ0) is 24.2. The lowest BCUT2D eigenvalue weighted by Crippen LogP contribution is -2.46. The molecule has 2 amide bonds. The lowest BCUT2D eigenvalue weighted by molar-refractivity contribution is -0.137. The summed E-state index contributed by atoms with van der Waals surface area (Å²) in [5, 5.41) is 24.3. The van der Waals surface area contributed by atoms with E-state index < -0.39 is 17.4 Å². The molecule has 0 rings (SSSR count). The third kappa shape index (κ3) is 16.1. The van der Waals surface area contributed by atoms with Gasteiger partial charge in [0.15, 0.2) is 5.12 Å². The number of aliphatic hydroxyl groups excluding tert-OH is 2. The van der Waals surface area contributed by atoms with Crippen molar-refractivity contribution in [3.8, 4) is 0 Å². The molecule has 32 heavy (non-hydrogen) atoms. The van der Waals surface area contributed by atoms with Crippen LogP contribution >= 0.6 is 11.8 Å². The van der Waals surface area contributed by atoms with Gasteiger partial charge in [0.25, 0.3) is 0 Å². The first-order chi connectivity index (χ1) is 15.2. The molecule has 1 unspecified atom stereocenters. The molecular weight excluding hydrogens is 428 g/mol. The van der Waals surface area contributed by atoms with Crippen molar-refractivity contribution >= 4 is 28.7 Å². The first kappa shape index (κ1) is 30.4. The van der Waals surface area contributed by atoms with Crippen molar-refractivity contribution in [2.75, 3.05) is 25.4 Å². The predicted octanol–water partition coefficient (Wildman–Crippen LogP) is 3.10. The minimum atomic E-state index is -1.35. The number of hydrogen-bond acceptors (Lipinski definition) is 6. The van der Waals surface area contributed by atoms with Gasteiger partial charge in [-0.25, -0.2) is 0 Å². The summed E-state index contributed by atoms with van der Waals surface area (Å²) in [6, 6.07) is 0. The van der Waals surface area contributed by atoms with Crippen molar-refractivity contribution in [3.05, 3.63) is 17.9 Å². The fourth-order valence-corrected chi connectivity index (χ4v) is 3.31. The van der Waals surface area contributed by atoms with Crippen molar-refractivity contribution in [1.82, 2.24) is 10.6 Å². The number of thioether (sulfide) groups is 1. The van der Waals surface area contributed by atoms with Gasteiger partial charge in [0.2, 0.25) is 11.8 Å². The molecule has 0 fully saturated rings. The Morgan fingerprint density at radius 1 is 1.03 bits per heavy atom. The predicted molar refractivity (Wildman–Crippen MR) is 130 cm³/mol. The van der Waals surface area contributed by atoms with Crippen LogP contribution < -0.4 is 10.6 Å². The number of unbranched alkanes of at least 4 members (excludes halogenated alkanes) is 6. The molecule has 0 saturated heterocycles. The van der Waals surface area contributed by atoms with E-state index in [2.05, 4.69) is 23.3 Å². The minimum absolute atomic E-state index is 0.0347. The van der Waals surface area contributed by atoms with Crippen LogP contribution in [0.3, 0.4) is 0 Å². The van der Waals surface area contributed by atoms with Gasteiger partial charge in [0.1, 0.15) is 6.10 Å². The molecule has 1 atom stereocenters. The largest absolute Gasteiger partial charge is 0.396 e. The monoisotopic (exact) mass is 470 g/mol. The number of hydrogen-bond donors (Lipinski definition) is 4. The van der Waals surface area contributed by atoms with Gasteiger partial charge >= 0.3 is 0 Å². The summed E-state index contributed by atoms with van der Waals surface area (Å²) < 4.78 is 0. The summed E-state index contributed by atoms with van der Waals surface area (Å²) in [4.78, 5) is 35.4. The number of aliphatic hydroxyl groups is 2. The Kier molecular flexibility index (Phi) is 18.0. The number of carbonyl (C=O) groups excluding carboxylic acids is 3. The van der Waals surface area contributed by atoms with Crippen molar-refractivity contribution in [2.45, 2.75) is 84.7 Å². The number of amides is 2. The van der Waals surface area contributed by atoms with Crippen LogP contribution in [-0.2, 0) is 14.4 Å². The Morgan fingerprint density at radius 2 is 1.72 bits per heavy atom. The van der Waals surface area contributed by atoms with Gasteiger partial charge in [-0.1, -0.05) is 64.6 Å². The van der Waals surface area contributed by atoms with Crippen LogP contribution in [0.25, 0.3) is 0 Å². The first-order valence-corrected chi connectivity index (χ1v) is 12.6. The maximum absolute atomic E-state index is 11.8. The second kappa shape index (κ2) is 18.9. The zero-order valence-corrected chi connectivity index (χ0v) is 20.8. The van der Waals surface area contributed by atoms with Crippen LogP contribution in [0.5, 0.6) is 0 Å². The third-order valence-corrected chi connectivity index (χ3v) is 5.84. The topological polar surface area (TPSA) is 116 Å².